The molecule has 0 bridgehead atoms. The van der Waals surface area contributed by atoms with Crippen LogP contribution in [0.25, 0.3) is 16.5 Å². The van der Waals surface area contributed by atoms with E-state index in [1.807, 2.05) is 72.8 Å². The molecule has 0 spiro atoms. The Hall–Kier alpha value is -3.74. The number of carbonyl (C=O) groups is 1. The number of pyridine rings is 1. The third-order valence-corrected chi connectivity index (χ3v) is 8.41. The molecule has 1 aromatic heterocycles. The highest BCUT2D eigenvalue weighted by Gasteiger charge is 2.27. The van der Waals surface area contributed by atoms with E-state index in [4.69, 9.17) is 0 Å². The minimum absolute atomic E-state index is 0.0886. The van der Waals surface area contributed by atoms with Gasteiger partial charge in [-0.3, -0.25) is 19.1 Å². The molecule has 0 saturated carbocycles. The predicted molar refractivity (Wildman–Crippen MR) is 168 cm³/mol. The van der Waals surface area contributed by atoms with Crippen LogP contribution >= 0.6 is 0 Å². The molecule has 1 aliphatic heterocycles. The van der Waals surface area contributed by atoms with Crippen molar-refractivity contribution in [2.45, 2.75) is 45.2 Å². The Morgan fingerprint density at radius 3 is 2.15 bits per heavy atom. The molecule has 6 nitrogen and oxygen atoms in total. The van der Waals surface area contributed by atoms with Gasteiger partial charge in [0.25, 0.3) is 11.5 Å². The molecule has 1 N–H and O–H groups in total. The third-order valence-electron chi connectivity index (χ3n) is 8.41. The second-order valence-electron chi connectivity index (χ2n) is 11.5. The summed E-state index contributed by atoms with van der Waals surface area (Å²) in [6.07, 6.45) is 4.23. The number of piperidine rings is 1. The molecule has 0 radical (unpaired) electrons. The summed E-state index contributed by atoms with van der Waals surface area (Å²) in [5.41, 5.74) is 3.11. The summed E-state index contributed by atoms with van der Waals surface area (Å²) >= 11 is 0. The number of rotatable bonds is 10. The average molecular weight is 551 g/mol. The topological polar surface area (TPSA) is 57.6 Å². The van der Waals surface area contributed by atoms with E-state index >= 15 is 0 Å². The quantitative estimate of drug-likeness (QED) is 0.262. The highest BCUT2D eigenvalue weighted by Crippen LogP contribution is 2.28. The van der Waals surface area contributed by atoms with E-state index in [0.717, 1.165) is 55.8 Å². The van der Waals surface area contributed by atoms with Gasteiger partial charge in [-0.15, -0.1) is 0 Å². The second-order valence-corrected chi connectivity index (χ2v) is 11.5. The number of benzene rings is 3. The van der Waals surface area contributed by atoms with Gasteiger partial charge in [0.05, 0.1) is 17.3 Å². The normalized spacial score (nSPS) is 15.3. The molecule has 1 fully saturated rings. The lowest BCUT2D eigenvalue weighted by atomic mass is 9.93. The van der Waals surface area contributed by atoms with Crippen LogP contribution in [0.2, 0.25) is 0 Å². The number of nitrogens with zero attached hydrogens (tertiary/aromatic N) is 3. The number of para-hydroxylation sites is 1. The minimum atomic E-state index is -0.141. The van der Waals surface area contributed by atoms with Crippen LogP contribution in [-0.4, -0.2) is 54.0 Å². The second kappa shape index (κ2) is 13.3. The number of carbonyl (C=O) groups excluding carboxylic acids is 1. The van der Waals surface area contributed by atoms with Gasteiger partial charge in [-0.05, 0) is 89.1 Å². The van der Waals surface area contributed by atoms with Crippen LogP contribution in [0.4, 0.5) is 0 Å². The van der Waals surface area contributed by atoms with E-state index in [1.54, 1.807) is 4.57 Å². The van der Waals surface area contributed by atoms with Crippen LogP contribution < -0.4 is 10.9 Å². The summed E-state index contributed by atoms with van der Waals surface area (Å²) < 4.78 is 1.78. The van der Waals surface area contributed by atoms with Crippen LogP contribution in [0.3, 0.4) is 0 Å². The monoisotopic (exact) mass is 550 g/mol. The molecule has 41 heavy (non-hydrogen) atoms. The van der Waals surface area contributed by atoms with Gasteiger partial charge < -0.3 is 10.2 Å². The highest BCUT2D eigenvalue weighted by atomic mass is 16.2. The summed E-state index contributed by atoms with van der Waals surface area (Å²) in [5.74, 6) is 0.568. The molecule has 1 atom stereocenters. The van der Waals surface area contributed by atoms with Crippen molar-refractivity contribution in [2.75, 3.05) is 33.7 Å². The lowest BCUT2D eigenvalue weighted by Crippen LogP contribution is -2.38. The fourth-order valence-corrected chi connectivity index (χ4v) is 6.07. The molecule has 0 aliphatic carbocycles. The Kier molecular flexibility index (Phi) is 9.32. The van der Waals surface area contributed by atoms with Crippen molar-refractivity contribution >= 4 is 16.7 Å². The molecule has 5 rings (SSSR count). The van der Waals surface area contributed by atoms with Gasteiger partial charge in [0.2, 0.25) is 0 Å². The SMILES string of the molecule is CC[C@H](NC(=O)c1c(CN2CCC(CCN(C)C)CC2)n(-c2ccccc2)c(=O)c2ccccc12)c1ccccc1. The fraction of sp³-hybridized carbons (Fsp3) is 0.371. The Labute approximate surface area is 243 Å². The molecular weight excluding hydrogens is 508 g/mol. The molecule has 1 aliphatic rings. The Morgan fingerprint density at radius 2 is 1.51 bits per heavy atom. The van der Waals surface area contributed by atoms with Crippen molar-refractivity contribution in [3.8, 4) is 5.69 Å². The maximum absolute atomic E-state index is 14.3. The van der Waals surface area contributed by atoms with Crippen LogP contribution in [0.15, 0.2) is 89.7 Å². The van der Waals surface area contributed by atoms with E-state index in [1.165, 1.54) is 6.42 Å². The predicted octanol–water partition coefficient (Wildman–Crippen LogP) is 6.04. The number of nitrogens with one attached hydrogen (secondary N) is 1. The zero-order valence-corrected chi connectivity index (χ0v) is 24.6. The molecule has 6 heteroatoms. The number of likely N-dealkylation sites (tertiary alicyclic amines) is 1. The molecule has 214 valence electrons. The minimum Gasteiger partial charge on any atom is -0.345 e. The van der Waals surface area contributed by atoms with Gasteiger partial charge >= 0.3 is 0 Å². The molecule has 1 amide bonds. The molecule has 1 saturated heterocycles. The lowest BCUT2D eigenvalue weighted by molar-refractivity contribution is 0.0933. The van der Waals surface area contributed by atoms with Crippen LogP contribution in [0, 0.1) is 5.92 Å². The van der Waals surface area contributed by atoms with E-state index in [9.17, 15) is 9.59 Å². The average Bonchev–Trinajstić information content (AvgIpc) is 3.00. The molecule has 0 unspecified atom stereocenters. The van der Waals surface area contributed by atoms with Crippen LogP contribution in [0.5, 0.6) is 0 Å². The van der Waals surface area contributed by atoms with E-state index in [2.05, 4.69) is 48.3 Å². The van der Waals surface area contributed by atoms with Crippen molar-refractivity contribution in [1.82, 2.24) is 19.7 Å². The lowest BCUT2D eigenvalue weighted by Gasteiger charge is -2.33. The first kappa shape index (κ1) is 28.8. The largest absolute Gasteiger partial charge is 0.345 e. The van der Waals surface area contributed by atoms with E-state index in [0.29, 0.717) is 28.8 Å². The van der Waals surface area contributed by atoms with Gasteiger partial charge in [0, 0.05) is 23.0 Å². The van der Waals surface area contributed by atoms with Crippen molar-refractivity contribution < 1.29 is 4.79 Å². The Balaban J connectivity index is 1.58. The number of amides is 1. The molecule has 3 aromatic carbocycles. The smallest absolute Gasteiger partial charge is 0.263 e. The standard InChI is InChI=1S/C35H42N4O2/c1-4-31(27-13-7-5-8-14-27)36-34(40)33-29-17-11-12-18-30(29)35(41)39(28-15-9-6-10-16-28)32(33)25-38-23-20-26(21-24-38)19-22-37(2)3/h5-18,26,31H,4,19-25H2,1-3H3,(H,36,40)/t31-/m0/s1. The number of hydrogen-bond acceptors (Lipinski definition) is 4. The van der Waals surface area contributed by atoms with Crippen molar-refractivity contribution in [2.24, 2.45) is 5.92 Å². The summed E-state index contributed by atoms with van der Waals surface area (Å²) in [7, 11) is 4.26. The van der Waals surface area contributed by atoms with Crippen molar-refractivity contribution in [3.05, 3.63) is 112 Å². The summed E-state index contributed by atoms with van der Waals surface area (Å²) in [6, 6.07) is 27.3. The summed E-state index contributed by atoms with van der Waals surface area (Å²) in [5, 5.41) is 4.59. The number of fused-ring (bicyclic) bond motifs is 1. The highest BCUT2D eigenvalue weighted by molar-refractivity contribution is 6.08. The first-order valence-corrected chi connectivity index (χ1v) is 14.9. The van der Waals surface area contributed by atoms with Crippen molar-refractivity contribution in [1.29, 1.82) is 0 Å². The van der Waals surface area contributed by atoms with Gasteiger partial charge in [-0.2, -0.15) is 0 Å². The zero-order chi connectivity index (χ0) is 28.8. The van der Waals surface area contributed by atoms with Crippen LogP contribution in [0.1, 0.15) is 60.3 Å². The maximum atomic E-state index is 14.3. The third kappa shape index (κ3) is 6.61. The first-order valence-electron chi connectivity index (χ1n) is 14.9. The van der Waals surface area contributed by atoms with Gasteiger partial charge in [0.1, 0.15) is 0 Å². The molecule has 4 aromatic rings. The van der Waals surface area contributed by atoms with Crippen LogP contribution in [-0.2, 0) is 6.54 Å². The van der Waals surface area contributed by atoms with Gasteiger partial charge in [0.15, 0.2) is 0 Å². The zero-order valence-electron chi connectivity index (χ0n) is 24.6. The van der Waals surface area contributed by atoms with Crippen molar-refractivity contribution in [3.63, 3.8) is 0 Å². The Bertz CT molecular complexity index is 1510. The number of hydrogen-bond donors (Lipinski definition) is 1. The molecular formula is C35H42N4O2. The van der Waals surface area contributed by atoms with E-state index < -0.39 is 0 Å². The van der Waals surface area contributed by atoms with Gasteiger partial charge in [-0.1, -0.05) is 73.7 Å². The first-order chi connectivity index (χ1) is 20.0. The summed E-state index contributed by atoms with van der Waals surface area (Å²) in [4.78, 5) is 33.1. The summed E-state index contributed by atoms with van der Waals surface area (Å²) in [6.45, 7) is 5.64. The molecule has 2 heterocycles. The van der Waals surface area contributed by atoms with Gasteiger partial charge in [-0.25, -0.2) is 0 Å². The maximum Gasteiger partial charge on any atom is 0.263 e. The Morgan fingerprint density at radius 1 is 0.902 bits per heavy atom. The fourth-order valence-electron chi connectivity index (χ4n) is 6.07. The van der Waals surface area contributed by atoms with E-state index in [-0.39, 0.29) is 17.5 Å². The number of aromatic nitrogens is 1.